The Morgan fingerprint density at radius 1 is 0.818 bits per heavy atom. The molecule has 1 unspecified atom stereocenters. The summed E-state index contributed by atoms with van der Waals surface area (Å²) in [5.74, 6) is 0.263. The summed E-state index contributed by atoms with van der Waals surface area (Å²) in [6, 6.07) is 18.6. The van der Waals surface area contributed by atoms with Gasteiger partial charge in [-0.25, -0.2) is 0 Å². The van der Waals surface area contributed by atoms with Crippen LogP contribution in [0.5, 0.6) is 0 Å². The lowest BCUT2D eigenvalue weighted by Crippen LogP contribution is -2.42. The van der Waals surface area contributed by atoms with E-state index >= 15 is 0 Å². The minimum Gasteiger partial charge on any atom is -0.142 e. The minimum atomic E-state index is -0.396. The number of hydroxylamine groups is 2. The summed E-state index contributed by atoms with van der Waals surface area (Å²) >= 11 is 0. The molecule has 0 heterocycles. The Morgan fingerprint density at radius 2 is 1.32 bits per heavy atom. The average Bonchev–Trinajstić information content (AvgIpc) is 2.48. The van der Waals surface area contributed by atoms with Crippen molar-refractivity contribution in [1.82, 2.24) is 5.06 Å². The fraction of sp³-hybridized carbons (Fsp3) is 0.400. The van der Waals surface area contributed by atoms with Crippen molar-refractivity contribution in [2.45, 2.75) is 46.2 Å². The summed E-state index contributed by atoms with van der Waals surface area (Å²) in [6.07, 6.45) is 0. The molecule has 0 bridgehead atoms. The predicted molar refractivity (Wildman–Crippen MR) is 91.7 cm³/mol. The van der Waals surface area contributed by atoms with E-state index in [0.29, 0.717) is 0 Å². The fourth-order valence-electron chi connectivity index (χ4n) is 2.71. The number of rotatable bonds is 4. The van der Waals surface area contributed by atoms with Crippen LogP contribution < -0.4 is 0 Å². The van der Waals surface area contributed by atoms with E-state index < -0.39 is 5.54 Å². The van der Waals surface area contributed by atoms with Gasteiger partial charge in [0.25, 0.3) is 0 Å². The molecule has 1 atom stereocenters. The topological polar surface area (TPSA) is 23.1 Å². The van der Waals surface area contributed by atoms with Gasteiger partial charge >= 0.3 is 0 Å². The maximum absolute atomic E-state index is 12.7. The zero-order valence-electron chi connectivity index (χ0n) is 14.2. The van der Waals surface area contributed by atoms with Gasteiger partial charge in [0.2, 0.25) is 0 Å². The second kappa shape index (κ2) is 6.64. The van der Waals surface area contributed by atoms with Gasteiger partial charge in [-0.05, 0) is 43.4 Å². The summed E-state index contributed by atoms with van der Waals surface area (Å²) in [6.45, 7) is 10.1. The zero-order chi connectivity index (χ0) is 16.3. The van der Waals surface area contributed by atoms with Gasteiger partial charge in [0.15, 0.2) is 0 Å². The van der Waals surface area contributed by atoms with Crippen LogP contribution in [0.4, 0.5) is 0 Å². The molecule has 2 heteroatoms. The average molecular weight is 296 g/mol. The number of nitrogens with zero attached hydrogens (tertiary/aromatic N) is 1. The summed E-state index contributed by atoms with van der Waals surface area (Å²) < 4.78 is 0. The largest absolute Gasteiger partial charge is 0.142 e. The molecule has 0 spiro atoms. The molecule has 2 aromatic rings. The molecule has 0 amide bonds. The highest BCUT2D eigenvalue weighted by atomic mass is 16.5. The Morgan fingerprint density at radius 3 is 1.77 bits per heavy atom. The van der Waals surface area contributed by atoms with Gasteiger partial charge in [0, 0.05) is 5.54 Å². The van der Waals surface area contributed by atoms with Crippen LogP contribution in [-0.2, 0) is 5.21 Å². The van der Waals surface area contributed by atoms with Crippen molar-refractivity contribution in [2.75, 3.05) is 0 Å². The van der Waals surface area contributed by atoms with Gasteiger partial charge in [-0.1, -0.05) is 68.4 Å². The van der Waals surface area contributed by atoms with Gasteiger partial charge in [0.05, 0.1) is 6.04 Å². The Kier molecular flexibility index (Phi) is 5.05. The highest BCUT2D eigenvalue weighted by molar-refractivity contribution is 5.63. The third-order valence-electron chi connectivity index (χ3n) is 3.90. The third kappa shape index (κ3) is 3.76. The van der Waals surface area contributed by atoms with Crippen LogP contribution in [0.3, 0.4) is 0 Å². The van der Waals surface area contributed by atoms with Crippen molar-refractivity contribution in [3.63, 3.8) is 0 Å². The fourth-order valence-corrected chi connectivity index (χ4v) is 2.71. The minimum absolute atomic E-state index is 0.121. The van der Waals surface area contributed by atoms with Crippen LogP contribution in [0, 0.1) is 5.92 Å². The van der Waals surface area contributed by atoms with E-state index in [9.17, 15) is 5.21 Å². The van der Waals surface area contributed by atoms with Crippen LogP contribution in [-0.4, -0.2) is 10.6 Å². The molecule has 22 heavy (non-hydrogen) atoms. The standard InChI is InChI=1S/C20H26NO/c1-15(2)19(21(22)20(3,4)5)18-13-11-17(12-14-18)16-9-7-6-8-10-16/h6-15,19H,1-5H3. The van der Waals surface area contributed by atoms with Gasteiger partial charge in [-0.15, -0.1) is 10.3 Å². The second-order valence-electron chi connectivity index (χ2n) is 7.17. The summed E-state index contributed by atoms with van der Waals surface area (Å²) in [7, 11) is 0. The van der Waals surface area contributed by atoms with E-state index in [0.717, 1.165) is 5.56 Å². The molecule has 0 fully saturated rings. The lowest BCUT2D eigenvalue weighted by Gasteiger charge is -2.36. The van der Waals surface area contributed by atoms with Crippen LogP contribution in [0.2, 0.25) is 0 Å². The van der Waals surface area contributed by atoms with Gasteiger partial charge < -0.3 is 0 Å². The van der Waals surface area contributed by atoms with Gasteiger partial charge in [0.1, 0.15) is 0 Å². The molecular weight excluding hydrogens is 270 g/mol. The Balaban J connectivity index is 2.31. The second-order valence-corrected chi connectivity index (χ2v) is 7.17. The maximum Gasteiger partial charge on any atom is 0.0661 e. The van der Waals surface area contributed by atoms with E-state index in [1.807, 2.05) is 39.0 Å². The Labute approximate surface area is 134 Å². The molecular formula is C20H26NO. The first kappa shape index (κ1) is 16.7. The van der Waals surface area contributed by atoms with Crippen LogP contribution in [0.15, 0.2) is 54.6 Å². The molecule has 2 nitrogen and oxygen atoms in total. The van der Waals surface area contributed by atoms with Crippen LogP contribution >= 0.6 is 0 Å². The molecule has 2 aromatic carbocycles. The lowest BCUT2D eigenvalue weighted by molar-refractivity contribution is -0.250. The molecule has 0 aliphatic heterocycles. The highest BCUT2D eigenvalue weighted by Crippen LogP contribution is 2.33. The van der Waals surface area contributed by atoms with Crippen molar-refractivity contribution in [3.05, 3.63) is 60.2 Å². The first-order chi connectivity index (χ1) is 10.3. The van der Waals surface area contributed by atoms with E-state index in [1.165, 1.54) is 16.2 Å². The van der Waals surface area contributed by atoms with Crippen LogP contribution in [0.25, 0.3) is 11.1 Å². The molecule has 0 aliphatic carbocycles. The molecule has 0 aliphatic rings. The first-order valence-electron chi connectivity index (χ1n) is 7.92. The number of hydrogen-bond donors (Lipinski definition) is 0. The molecule has 0 aromatic heterocycles. The van der Waals surface area contributed by atoms with E-state index in [2.05, 4.69) is 50.2 Å². The van der Waals surface area contributed by atoms with Crippen molar-refractivity contribution in [1.29, 1.82) is 0 Å². The summed E-state index contributed by atoms with van der Waals surface area (Å²) in [4.78, 5) is 0. The Hall–Kier alpha value is -1.64. The molecule has 2 rings (SSSR count). The predicted octanol–water partition coefficient (Wildman–Crippen LogP) is 5.50. The molecule has 0 saturated heterocycles. The van der Waals surface area contributed by atoms with Gasteiger partial charge in [-0.3, -0.25) is 0 Å². The molecule has 0 saturated carbocycles. The number of benzene rings is 2. The normalized spacial score (nSPS) is 13.6. The Bertz CT molecular complexity index is 581. The zero-order valence-corrected chi connectivity index (χ0v) is 14.2. The van der Waals surface area contributed by atoms with E-state index in [-0.39, 0.29) is 12.0 Å². The lowest BCUT2D eigenvalue weighted by atomic mass is 9.91. The third-order valence-corrected chi connectivity index (χ3v) is 3.90. The highest BCUT2D eigenvalue weighted by Gasteiger charge is 2.32. The van der Waals surface area contributed by atoms with Crippen molar-refractivity contribution in [3.8, 4) is 11.1 Å². The summed E-state index contributed by atoms with van der Waals surface area (Å²) in [5.41, 5.74) is 3.07. The van der Waals surface area contributed by atoms with Crippen molar-refractivity contribution < 1.29 is 5.21 Å². The molecule has 0 N–H and O–H groups in total. The quantitative estimate of drug-likeness (QED) is 0.683. The maximum atomic E-state index is 12.7. The van der Waals surface area contributed by atoms with E-state index in [4.69, 9.17) is 0 Å². The van der Waals surface area contributed by atoms with Crippen molar-refractivity contribution in [2.24, 2.45) is 5.92 Å². The smallest absolute Gasteiger partial charge is 0.0661 e. The summed E-state index contributed by atoms with van der Waals surface area (Å²) in [5, 5.41) is 13.9. The van der Waals surface area contributed by atoms with E-state index in [1.54, 1.807) is 0 Å². The van der Waals surface area contributed by atoms with Crippen molar-refractivity contribution >= 4 is 0 Å². The SMILES string of the molecule is CC(C)C(c1ccc(-c2ccccc2)cc1)N([O])C(C)(C)C. The number of hydrogen-bond acceptors (Lipinski definition) is 1. The first-order valence-corrected chi connectivity index (χ1v) is 7.92. The molecule has 117 valence electrons. The molecule has 1 radical (unpaired) electrons. The van der Waals surface area contributed by atoms with Gasteiger partial charge in [-0.2, -0.15) is 0 Å². The monoisotopic (exact) mass is 296 g/mol. The van der Waals surface area contributed by atoms with Crippen LogP contribution in [0.1, 0.15) is 46.2 Å².